The first-order chi connectivity index (χ1) is 8.52. The van der Waals surface area contributed by atoms with Crippen LogP contribution in [0.25, 0.3) is 0 Å². The molecule has 0 unspecified atom stereocenters. The van der Waals surface area contributed by atoms with E-state index in [0.29, 0.717) is 0 Å². The molecule has 4 heteroatoms. The molecule has 0 aromatic carbocycles. The number of allylic oxidation sites excluding steroid dienone is 1. The highest BCUT2D eigenvalue weighted by atomic mass is 16.6. The molecule has 0 aliphatic heterocycles. The van der Waals surface area contributed by atoms with Gasteiger partial charge in [0.05, 0.1) is 13.2 Å². The molecule has 0 amide bonds. The third-order valence-corrected chi connectivity index (χ3v) is 2.57. The van der Waals surface area contributed by atoms with Gasteiger partial charge in [0.1, 0.15) is 0 Å². The first-order valence-electron chi connectivity index (χ1n) is 6.55. The van der Waals surface area contributed by atoms with Crippen molar-refractivity contribution in [2.24, 2.45) is 5.41 Å². The summed E-state index contributed by atoms with van der Waals surface area (Å²) in [5.41, 5.74) is -1.33. The van der Waals surface area contributed by atoms with Crippen LogP contribution in [0, 0.1) is 5.41 Å². The van der Waals surface area contributed by atoms with Gasteiger partial charge in [-0.15, -0.1) is 0 Å². The summed E-state index contributed by atoms with van der Waals surface area (Å²) in [6, 6.07) is 0. The third kappa shape index (κ3) is 4.90. The lowest BCUT2D eigenvalue weighted by molar-refractivity contribution is -0.166. The summed E-state index contributed by atoms with van der Waals surface area (Å²) in [5, 5.41) is 0. The number of esters is 2. The van der Waals surface area contributed by atoms with Crippen molar-refractivity contribution in [3.05, 3.63) is 12.2 Å². The third-order valence-electron chi connectivity index (χ3n) is 2.57. The normalized spacial score (nSPS) is 11.6. The van der Waals surface area contributed by atoms with E-state index in [1.54, 1.807) is 19.9 Å². The second-order valence-electron chi connectivity index (χ2n) is 4.19. The van der Waals surface area contributed by atoms with Crippen LogP contribution in [0.15, 0.2) is 12.2 Å². The fraction of sp³-hybridized carbons (Fsp3) is 0.714. The second kappa shape index (κ2) is 8.72. The van der Waals surface area contributed by atoms with Crippen LogP contribution in [0.3, 0.4) is 0 Å². The summed E-state index contributed by atoms with van der Waals surface area (Å²) in [5.74, 6) is -1.12. The van der Waals surface area contributed by atoms with E-state index in [-0.39, 0.29) is 13.2 Å². The van der Waals surface area contributed by atoms with E-state index in [9.17, 15) is 9.59 Å². The average Bonchev–Trinajstić information content (AvgIpc) is 2.35. The number of hydrogen-bond acceptors (Lipinski definition) is 4. The van der Waals surface area contributed by atoms with Crippen LogP contribution in [0.2, 0.25) is 0 Å². The summed E-state index contributed by atoms with van der Waals surface area (Å²) in [6.45, 7) is 7.54. The van der Waals surface area contributed by atoms with Gasteiger partial charge in [0.15, 0.2) is 5.41 Å². The molecule has 0 aromatic rings. The smallest absolute Gasteiger partial charge is 0.327 e. The Morgan fingerprint density at radius 3 is 1.94 bits per heavy atom. The zero-order valence-electron chi connectivity index (χ0n) is 11.8. The van der Waals surface area contributed by atoms with Crippen LogP contribution in [-0.2, 0) is 19.1 Å². The minimum absolute atomic E-state index is 0.247. The SMILES string of the molecule is CCCCC=CC(C)(C(=O)OCC)C(=O)OCC. The predicted molar refractivity (Wildman–Crippen MR) is 70.0 cm³/mol. The van der Waals surface area contributed by atoms with Crippen molar-refractivity contribution in [1.29, 1.82) is 0 Å². The second-order valence-corrected chi connectivity index (χ2v) is 4.19. The number of carbonyl (C=O) groups excluding carboxylic acids is 2. The molecule has 0 rings (SSSR count). The van der Waals surface area contributed by atoms with Crippen molar-refractivity contribution in [3.8, 4) is 0 Å². The number of rotatable bonds is 8. The summed E-state index contributed by atoms with van der Waals surface area (Å²) < 4.78 is 9.88. The lowest BCUT2D eigenvalue weighted by atomic mass is 9.90. The number of carbonyl (C=O) groups is 2. The fourth-order valence-electron chi connectivity index (χ4n) is 1.42. The van der Waals surface area contributed by atoms with Crippen molar-refractivity contribution < 1.29 is 19.1 Å². The van der Waals surface area contributed by atoms with E-state index in [0.717, 1.165) is 19.3 Å². The quantitative estimate of drug-likeness (QED) is 0.290. The van der Waals surface area contributed by atoms with E-state index in [1.165, 1.54) is 6.92 Å². The highest BCUT2D eigenvalue weighted by Crippen LogP contribution is 2.23. The van der Waals surface area contributed by atoms with Crippen LogP contribution in [0.1, 0.15) is 47.0 Å². The van der Waals surface area contributed by atoms with Crippen LogP contribution in [-0.4, -0.2) is 25.2 Å². The predicted octanol–water partition coefficient (Wildman–Crippen LogP) is 2.87. The molecular weight excluding hydrogens is 232 g/mol. The van der Waals surface area contributed by atoms with Crippen LogP contribution < -0.4 is 0 Å². The molecule has 0 radical (unpaired) electrons. The topological polar surface area (TPSA) is 52.6 Å². The van der Waals surface area contributed by atoms with Gasteiger partial charge in [0, 0.05) is 0 Å². The number of ether oxygens (including phenoxy) is 2. The van der Waals surface area contributed by atoms with Crippen molar-refractivity contribution in [2.75, 3.05) is 13.2 Å². The number of hydrogen-bond donors (Lipinski definition) is 0. The molecule has 0 atom stereocenters. The number of unbranched alkanes of at least 4 members (excludes halogenated alkanes) is 2. The van der Waals surface area contributed by atoms with Crippen LogP contribution in [0.4, 0.5) is 0 Å². The Labute approximate surface area is 109 Å². The van der Waals surface area contributed by atoms with Gasteiger partial charge >= 0.3 is 11.9 Å². The van der Waals surface area contributed by atoms with Gasteiger partial charge in [-0.3, -0.25) is 9.59 Å². The molecule has 0 aromatic heterocycles. The van der Waals surface area contributed by atoms with Gasteiger partial charge in [-0.25, -0.2) is 0 Å². The van der Waals surface area contributed by atoms with Gasteiger partial charge in [-0.05, 0) is 27.2 Å². The molecule has 4 nitrogen and oxygen atoms in total. The Hall–Kier alpha value is -1.32. The molecule has 104 valence electrons. The average molecular weight is 256 g/mol. The molecule has 0 aliphatic carbocycles. The first kappa shape index (κ1) is 16.7. The maximum absolute atomic E-state index is 11.9. The van der Waals surface area contributed by atoms with E-state index in [2.05, 4.69) is 6.92 Å². The van der Waals surface area contributed by atoms with Crippen molar-refractivity contribution >= 4 is 11.9 Å². The highest BCUT2D eigenvalue weighted by Gasteiger charge is 2.41. The lowest BCUT2D eigenvalue weighted by Crippen LogP contribution is -2.37. The molecule has 0 heterocycles. The Balaban J connectivity index is 4.84. The molecule has 0 saturated carbocycles. The monoisotopic (exact) mass is 256 g/mol. The molecular formula is C14H24O4. The largest absolute Gasteiger partial charge is 0.465 e. The zero-order valence-corrected chi connectivity index (χ0v) is 11.8. The van der Waals surface area contributed by atoms with Gasteiger partial charge in [-0.2, -0.15) is 0 Å². The summed E-state index contributed by atoms with van der Waals surface area (Å²) >= 11 is 0. The van der Waals surface area contributed by atoms with Gasteiger partial charge in [-0.1, -0.05) is 31.9 Å². The van der Waals surface area contributed by atoms with Crippen molar-refractivity contribution in [1.82, 2.24) is 0 Å². The van der Waals surface area contributed by atoms with E-state index >= 15 is 0 Å². The molecule has 0 aliphatic rings. The molecule has 0 bridgehead atoms. The Bertz CT molecular complexity index is 276. The minimum Gasteiger partial charge on any atom is -0.465 e. The maximum Gasteiger partial charge on any atom is 0.327 e. The standard InChI is InChI=1S/C14H24O4/c1-5-8-9-10-11-14(4,12(15)17-6-2)13(16)18-7-3/h10-11H,5-9H2,1-4H3. The van der Waals surface area contributed by atoms with E-state index in [4.69, 9.17) is 9.47 Å². The summed E-state index contributed by atoms with van der Waals surface area (Å²) in [6.07, 6.45) is 6.37. The lowest BCUT2D eigenvalue weighted by Gasteiger charge is -2.21. The van der Waals surface area contributed by atoms with Gasteiger partial charge in [0.2, 0.25) is 0 Å². The molecule has 0 saturated heterocycles. The maximum atomic E-state index is 11.9. The Morgan fingerprint density at radius 1 is 1.06 bits per heavy atom. The van der Waals surface area contributed by atoms with E-state index in [1.807, 2.05) is 6.08 Å². The fourth-order valence-corrected chi connectivity index (χ4v) is 1.42. The Morgan fingerprint density at radius 2 is 1.56 bits per heavy atom. The van der Waals surface area contributed by atoms with Crippen LogP contribution >= 0.6 is 0 Å². The molecule has 0 spiro atoms. The summed E-state index contributed by atoms with van der Waals surface area (Å²) in [4.78, 5) is 23.7. The van der Waals surface area contributed by atoms with Gasteiger partial charge in [0.25, 0.3) is 0 Å². The Kier molecular flexibility index (Phi) is 8.08. The van der Waals surface area contributed by atoms with E-state index < -0.39 is 17.4 Å². The molecule has 0 fully saturated rings. The first-order valence-corrected chi connectivity index (χ1v) is 6.55. The van der Waals surface area contributed by atoms with Crippen molar-refractivity contribution in [3.63, 3.8) is 0 Å². The van der Waals surface area contributed by atoms with Gasteiger partial charge < -0.3 is 9.47 Å². The minimum atomic E-state index is -1.33. The zero-order chi connectivity index (χ0) is 14.0. The molecule has 18 heavy (non-hydrogen) atoms. The summed E-state index contributed by atoms with van der Waals surface area (Å²) in [7, 11) is 0. The highest BCUT2D eigenvalue weighted by molar-refractivity contribution is 6.01. The molecule has 0 N–H and O–H groups in total. The van der Waals surface area contributed by atoms with Crippen molar-refractivity contribution in [2.45, 2.75) is 47.0 Å². The van der Waals surface area contributed by atoms with Crippen LogP contribution in [0.5, 0.6) is 0 Å².